The number of phenolic OH excluding ortho intramolecular Hbond substituents is 1. The second kappa shape index (κ2) is 11.4. The van der Waals surface area contributed by atoms with E-state index in [-0.39, 0.29) is 22.8 Å². The van der Waals surface area contributed by atoms with E-state index >= 15 is 0 Å². The van der Waals surface area contributed by atoms with Gasteiger partial charge in [-0.3, -0.25) is 9.59 Å². The van der Waals surface area contributed by atoms with Gasteiger partial charge in [-0.25, -0.2) is 0 Å². The van der Waals surface area contributed by atoms with Gasteiger partial charge in [-0.15, -0.1) is 0 Å². The standard InChI is InChI=1S/C28H36N2O5/c1-6-29(7-2)14-9-15-30-25(20-12-13-22(31)23(17-20)35-8-3)24(27(33)28(30)34)26(32)21-16-18(4)10-11-19(21)5/h10-13,16-17,25,31-32H,6-9,14-15H2,1-5H3/b26-24+. The number of hydrogen-bond donors (Lipinski definition) is 2. The number of Topliss-reactive ketones (excluding diaryl/α,β-unsaturated/α-hetero) is 1. The van der Waals surface area contributed by atoms with Crippen molar-refractivity contribution >= 4 is 17.4 Å². The van der Waals surface area contributed by atoms with E-state index in [0.29, 0.717) is 30.7 Å². The molecule has 0 spiro atoms. The Labute approximate surface area is 207 Å². The summed E-state index contributed by atoms with van der Waals surface area (Å²) in [5.41, 5.74) is 2.92. The number of aliphatic hydroxyl groups excluding tert-OH is 1. The van der Waals surface area contributed by atoms with Gasteiger partial charge in [0.1, 0.15) is 5.76 Å². The number of amides is 1. The average Bonchev–Trinajstić information content (AvgIpc) is 3.09. The number of rotatable bonds is 10. The van der Waals surface area contributed by atoms with Gasteiger partial charge in [0.05, 0.1) is 18.2 Å². The maximum Gasteiger partial charge on any atom is 0.295 e. The quantitative estimate of drug-likeness (QED) is 0.294. The van der Waals surface area contributed by atoms with Gasteiger partial charge >= 0.3 is 0 Å². The van der Waals surface area contributed by atoms with Crippen molar-refractivity contribution in [2.75, 3.05) is 32.8 Å². The molecule has 0 radical (unpaired) electrons. The van der Waals surface area contributed by atoms with Crippen molar-refractivity contribution < 1.29 is 24.5 Å². The lowest BCUT2D eigenvalue weighted by Crippen LogP contribution is -2.33. The van der Waals surface area contributed by atoms with Crippen LogP contribution >= 0.6 is 0 Å². The Morgan fingerprint density at radius 2 is 1.77 bits per heavy atom. The number of aliphatic hydroxyl groups is 1. The number of carbonyl (C=O) groups excluding carboxylic acids is 2. The molecule has 1 atom stereocenters. The fraction of sp³-hybridized carbons (Fsp3) is 0.429. The molecule has 188 valence electrons. The largest absolute Gasteiger partial charge is 0.507 e. The van der Waals surface area contributed by atoms with Crippen LogP contribution in [-0.2, 0) is 9.59 Å². The summed E-state index contributed by atoms with van der Waals surface area (Å²) in [5, 5.41) is 21.6. The number of aromatic hydroxyl groups is 1. The van der Waals surface area contributed by atoms with Gasteiger partial charge in [0.15, 0.2) is 11.5 Å². The molecule has 7 nitrogen and oxygen atoms in total. The Morgan fingerprint density at radius 3 is 2.43 bits per heavy atom. The van der Waals surface area contributed by atoms with Crippen LogP contribution < -0.4 is 4.74 Å². The summed E-state index contributed by atoms with van der Waals surface area (Å²) in [5.74, 6) is -1.28. The van der Waals surface area contributed by atoms with Crippen molar-refractivity contribution in [3.63, 3.8) is 0 Å². The molecular weight excluding hydrogens is 444 g/mol. The van der Waals surface area contributed by atoms with Crippen molar-refractivity contribution in [3.05, 3.63) is 64.2 Å². The molecule has 2 aromatic carbocycles. The first-order chi connectivity index (χ1) is 16.7. The number of aryl methyl sites for hydroxylation is 2. The van der Waals surface area contributed by atoms with E-state index in [2.05, 4.69) is 18.7 Å². The molecule has 1 unspecified atom stereocenters. The number of ether oxygens (including phenoxy) is 1. The highest BCUT2D eigenvalue weighted by Crippen LogP contribution is 2.42. The second-order valence-electron chi connectivity index (χ2n) is 8.85. The van der Waals surface area contributed by atoms with Gasteiger partial charge in [-0.1, -0.05) is 37.6 Å². The lowest BCUT2D eigenvalue weighted by Gasteiger charge is -2.27. The van der Waals surface area contributed by atoms with Crippen LogP contribution in [0.25, 0.3) is 5.76 Å². The van der Waals surface area contributed by atoms with Crippen LogP contribution in [0.5, 0.6) is 11.5 Å². The SMILES string of the molecule is CCOc1cc(C2/C(=C(\O)c3cc(C)ccc3C)C(=O)C(=O)N2CCCN(CC)CC)ccc1O. The van der Waals surface area contributed by atoms with Crippen molar-refractivity contribution in [2.45, 2.75) is 47.1 Å². The molecule has 1 amide bonds. The van der Waals surface area contributed by atoms with Crippen LogP contribution in [0.4, 0.5) is 0 Å². The Hall–Kier alpha value is -3.32. The molecule has 2 aromatic rings. The van der Waals surface area contributed by atoms with Crippen LogP contribution in [0.2, 0.25) is 0 Å². The summed E-state index contributed by atoms with van der Waals surface area (Å²) in [6.07, 6.45) is 0.686. The molecule has 2 N–H and O–H groups in total. The topological polar surface area (TPSA) is 90.3 Å². The Bertz CT molecular complexity index is 1120. The van der Waals surface area contributed by atoms with Gasteiger partial charge in [0.2, 0.25) is 0 Å². The van der Waals surface area contributed by atoms with Crippen molar-refractivity contribution in [1.29, 1.82) is 0 Å². The second-order valence-corrected chi connectivity index (χ2v) is 8.85. The fourth-order valence-electron chi connectivity index (χ4n) is 4.57. The predicted octanol–water partition coefficient (Wildman–Crippen LogP) is 4.56. The van der Waals surface area contributed by atoms with E-state index < -0.39 is 17.7 Å². The number of carbonyl (C=O) groups is 2. The minimum atomic E-state index is -0.786. The summed E-state index contributed by atoms with van der Waals surface area (Å²) in [4.78, 5) is 30.3. The van der Waals surface area contributed by atoms with Crippen LogP contribution in [0.15, 0.2) is 42.0 Å². The first kappa shape index (κ1) is 26.3. The molecule has 1 aliphatic heterocycles. The molecule has 1 aliphatic rings. The zero-order valence-corrected chi connectivity index (χ0v) is 21.3. The highest BCUT2D eigenvalue weighted by Gasteiger charge is 2.46. The van der Waals surface area contributed by atoms with Crippen LogP contribution in [-0.4, -0.2) is 64.5 Å². The normalized spacial score (nSPS) is 17.4. The van der Waals surface area contributed by atoms with E-state index in [9.17, 15) is 19.8 Å². The van der Waals surface area contributed by atoms with Gasteiger partial charge in [0.25, 0.3) is 11.7 Å². The third kappa shape index (κ3) is 5.51. The van der Waals surface area contributed by atoms with Crippen LogP contribution in [0, 0.1) is 13.8 Å². The van der Waals surface area contributed by atoms with Crippen molar-refractivity contribution in [3.8, 4) is 11.5 Å². The summed E-state index contributed by atoms with van der Waals surface area (Å²) >= 11 is 0. The Morgan fingerprint density at radius 1 is 1.06 bits per heavy atom. The van der Waals surface area contributed by atoms with E-state index in [1.54, 1.807) is 12.1 Å². The molecule has 3 rings (SSSR count). The van der Waals surface area contributed by atoms with E-state index in [4.69, 9.17) is 4.74 Å². The zero-order chi connectivity index (χ0) is 25.7. The highest BCUT2D eigenvalue weighted by molar-refractivity contribution is 6.46. The molecule has 0 bridgehead atoms. The van der Waals surface area contributed by atoms with E-state index in [0.717, 1.165) is 30.8 Å². The molecule has 0 saturated carbocycles. The molecule has 0 aliphatic carbocycles. The minimum absolute atomic E-state index is 0.0244. The molecular formula is C28H36N2O5. The van der Waals surface area contributed by atoms with Gasteiger partial charge in [0, 0.05) is 12.1 Å². The van der Waals surface area contributed by atoms with E-state index in [1.165, 1.54) is 11.0 Å². The molecule has 1 heterocycles. The number of ketones is 1. The number of hydrogen-bond acceptors (Lipinski definition) is 6. The van der Waals surface area contributed by atoms with E-state index in [1.807, 2.05) is 39.0 Å². The van der Waals surface area contributed by atoms with Crippen molar-refractivity contribution in [1.82, 2.24) is 9.80 Å². The predicted molar refractivity (Wildman–Crippen MR) is 137 cm³/mol. The number of likely N-dealkylation sites (tertiary alicyclic amines) is 1. The van der Waals surface area contributed by atoms with Gasteiger partial charge in [-0.05, 0) is 76.2 Å². The van der Waals surface area contributed by atoms with Gasteiger partial charge in [-0.2, -0.15) is 0 Å². The summed E-state index contributed by atoms with van der Waals surface area (Å²) in [6.45, 7) is 13.1. The van der Waals surface area contributed by atoms with Crippen LogP contribution in [0.1, 0.15) is 55.5 Å². The Balaban J connectivity index is 2.12. The maximum atomic E-state index is 13.3. The molecule has 35 heavy (non-hydrogen) atoms. The monoisotopic (exact) mass is 480 g/mol. The molecule has 0 aromatic heterocycles. The smallest absolute Gasteiger partial charge is 0.295 e. The average molecular weight is 481 g/mol. The van der Waals surface area contributed by atoms with Crippen molar-refractivity contribution in [2.24, 2.45) is 0 Å². The lowest BCUT2D eigenvalue weighted by atomic mass is 9.93. The maximum absolute atomic E-state index is 13.3. The number of phenols is 1. The van der Waals surface area contributed by atoms with Gasteiger partial charge < -0.3 is 24.7 Å². The molecule has 7 heteroatoms. The number of nitrogens with zero attached hydrogens (tertiary/aromatic N) is 2. The molecule has 1 saturated heterocycles. The highest BCUT2D eigenvalue weighted by atomic mass is 16.5. The van der Waals surface area contributed by atoms with Crippen LogP contribution in [0.3, 0.4) is 0 Å². The molecule has 1 fully saturated rings. The third-order valence-electron chi connectivity index (χ3n) is 6.56. The zero-order valence-electron chi connectivity index (χ0n) is 21.3. The minimum Gasteiger partial charge on any atom is -0.507 e. The third-order valence-corrected chi connectivity index (χ3v) is 6.56. The summed E-state index contributed by atoms with van der Waals surface area (Å²) in [7, 11) is 0. The Kier molecular flexibility index (Phi) is 8.57. The first-order valence-corrected chi connectivity index (χ1v) is 12.3. The summed E-state index contributed by atoms with van der Waals surface area (Å²) in [6, 6.07) is 9.65. The first-order valence-electron chi connectivity index (χ1n) is 12.3. The fourth-order valence-corrected chi connectivity index (χ4v) is 4.57. The summed E-state index contributed by atoms with van der Waals surface area (Å²) < 4.78 is 5.56. The number of benzene rings is 2. The lowest BCUT2D eigenvalue weighted by molar-refractivity contribution is -0.140.